The summed E-state index contributed by atoms with van der Waals surface area (Å²) >= 11 is 5.96. The van der Waals surface area contributed by atoms with Gasteiger partial charge in [-0.3, -0.25) is 14.9 Å². The molecule has 132 valence electrons. The van der Waals surface area contributed by atoms with E-state index < -0.39 is 11.0 Å². The van der Waals surface area contributed by atoms with Crippen molar-refractivity contribution >= 4 is 28.9 Å². The number of aromatic nitrogens is 3. The van der Waals surface area contributed by atoms with Crippen LogP contribution in [0.2, 0.25) is 5.02 Å². The van der Waals surface area contributed by atoms with Crippen LogP contribution in [0.15, 0.2) is 55.1 Å². The van der Waals surface area contributed by atoms with E-state index in [9.17, 15) is 14.9 Å². The van der Waals surface area contributed by atoms with Gasteiger partial charge >= 0.3 is 0 Å². The molecule has 0 radical (unpaired) electrons. The summed E-state index contributed by atoms with van der Waals surface area (Å²) in [7, 11) is 0. The van der Waals surface area contributed by atoms with Crippen LogP contribution in [0.3, 0.4) is 0 Å². The van der Waals surface area contributed by atoms with Crippen LogP contribution in [-0.2, 0) is 4.79 Å². The van der Waals surface area contributed by atoms with Gasteiger partial charge in [-0.15, -0.1) is 0 Å². The van der Waals surface area contributed by atoms with Gasteiger partial charge in [-0.05, 0) is 29.3 Å². The predicted molar refractivity (Wildman–Crippen MR) is 96.1 cm³/mol. The van der Waals surface area contributed by atoms with Crippen LogP contribution >= 0.6 is 11.6 Å². The summed E-state index contributed by atoms with van der Waals surface area (Å²) in [5, 5.41) is 18.7. The van der Waals surface area contributed by atoms with Gasteiger partial charge in [-0.2, -0.15) is 5.10 Å². The number of nitrogens with one attached hydrogen (secondary N) is 1. The number of benzene rings is 2. The molecule has 1 N–H and O–H groups in total. The summed E-state index contributed by atoms with van der Waals surface area (Å²) in [6.45, 7) is 1.30. The van der Waals surface area contributed by atoms with Crippen molar-refractivity contribution in [2.24, 2.45) is 0 Å². The standard InChI is InChI=1S/C17H14ClN5O3/c1-11(24)21-15-7-4-13(8-16(15)23(25)26)17(22-10-19-9-20-22)12-2-5-14(18)6-3-12/h2-10,17H,1H3,(H,21,24). The minimum atomic E-state index is -0.533. The molecule has 3 rings (SSSR count). The van der Waals surface area contributed by atoms with Crippen LogP contribution in [0.5, 0.6) is 0 Å². The monoisotopic (exact) mass is 371 g/mol. The van der Waals surface area contributed by atoms with Gasteiger partial charge in [0.1, 0.15) is 24.4 Å². The van der Waals surface area contributed by atoms with E-state index in [1.165, 1.54) is 31.7 Å². The van der Waals surface area contributed by atoms with E-state index in [4.69, 9.17) is 11.6 Å². The molecule has 0 aliphatic carbocycles. The maximum absolute atomic E-state index is 11.4. The van der Waals surface area contributed by atoms with Gasteiger partial charge < -0.3 is 5.32 Å². The molecule has 1 aromatic heterocycles. The number of amides is 1. The van der Waals surface area contributed by atoms with Crippen molar-refractivity contribution < 1.29 is 9.72 Å². The van der Waals surface area contributed by atoms with Crippen molar-refractivity contribution in [1.29, 1.82) is 0 Å². The van der Waals surface area contributed by atoms with E-state index in [1.54, 1.807) is 22.9 Å². The summed E-state index contributed by atoms with van der Waals surface area (Å²) in [4.78, 5) is 26.2. The lowest BCUT2D eigenvalue weighted by Crippen LogP contribution is -2.14. The van der Waals surface area contributed by atoms with E-state index in [2.05, 4.69) is 15.4 Å². The van der Waals surface area contributed by atoms with Crippen molar-refractivity contribution in [1.82, 2.24) is 14.8 Å². The molecule has 2 aromatic carbocycles. The van der Waals surface area contributed by atoms with Crippen LogP contribution in [0.4, 0.5) is 11.4 Å². The molecule has 9 heteroatoms. The van der Waals surface area contributed by atoms with Gasteiger partial charge in [0.15, 0.2) is 0 Å². The first-order chi connectivity index (χ1) is 12.5. The SMILES string of the molecule is CC(=O)Nc1ccc(C(c2ccc(Cl)cc2)n2cncn2)cc1[N+](=O)[O-]. The van der Waals surface area contributed by atoms with Gasteiger partial charge in [0.05, 0.1) is 4.92 Å². The number of carbonyl (C=O) groups is 1. The van der Waals surface area contributed by atoms with Crippen LogP contribution in [-0.4, -0.2) is 25.6 Å². The molecule has 1 atom stereocenters. The number of anilines is 1. The normalized spacial score (nSPS) is 11.8. The molecule has 0 aliphatic heterocycles. The molecule has 0 fully saturated rings. The van der Waals surface area contributed by atoms with E-state index in [1.807, 2.05) is 12.1 Å². The quantitative estimate of drug-likeness (QED) is 0.546. The van der Waals surface area contributed by atoms with Crippen molar-refractivity contribution in [3.05, 3.63) is 81.4 Å². The van der Waals surface area contributed by atoms with Crippen LogP contribution in [0, 0.1) is 10.1 Å². The van der Waals surface area contributed by atoms with Crippen molar-refractivity contribution in [2.75, 3.05) is 5.32 Å². The number of hydrogen-bond donors (Lipinski definition) is 1. The number of nitrogens with zero attached hydrogens (tertiary/aromatic N) is 4. The minimum Gasteiger partial charge on any atom is -0.321 e. The Labute approximate surface area is 153 Å². The third-order valence-corrected chi connectivity index (χ3v) is 3.98. The summed E-state index contributed by atoms with van der Waals surface area (Å²) in [5.74, 6) is -0.383. The van der Waals surface area contributed by atoms with Crippen LogP contribution in [0.25, 0.3) is 0 Å². The second kappa shape index (κ2) is 7.32. The number of carbonyl (C=O) groups excluding carboxylic acids is 1. The van der Waals surface area contributed by atoms with Crippen LogP contribution < -0.4 is 5.32 Å². The molecule has 0 spiro atoms. The number of rotatable bonds is 5. The highest BCUT2D eigenvalue weighted by Crippen LogP contribution is 2.33. The second-order valence-corrected chi connectivity index (χ2v) is 5.98. The summed E-state index contributed by atoms with van der Waals surface area (Å²) in [5.41, 5.74) is 1.40. The number of halogens is 1. The summed E-state index contributed by atoms with van der Waals surface area (Å²) in [6, 6.07) is 11.3. The first kappa shape index (κ1) is 17.6. The fourth-order valence-electron chi connectivity index (χ4n) is 2.66. The van der Waals surface area contributed by atoms with E-state index >= 15 is 0 Å². The summed E-state index contributed by atoms with van der Waals surface area (Å²) in [6.07, 6.45) is 2.93. The highest BCUT2D eigenvalue weighted by molar-refractivity contribution is 6.30. The maximum atomic E-state index is 11.4. The molecule has 1 amide bonds. The third-order valence-electron chi connectivity index (χ3n) is 3.73. The Morgan fingerprint density at radius 2 is 1.92 bits per heavy atom. The van der Waals surface area contributed by atoms with Crippen molar-refractivity contribution in [3.63, 3.8) is 0 Å². The van der Waals surface area contributed by atoms with Gasteiger partial charge in [-0.1, -0.05) is 29.8 Å². The Kier molecular flexibility index (Phi) is 4.94. The lowest BCUT2D eigenvalue weighted by Gasteiger charge is -2.19. The average molecular weight is 372 g/mol. The first-order valence-corrected chi connectivity index (χ1v) is 7.99. The van der Waals surface area contributed by atoms with Gasteiger partial charge in [0.2, 0.25) is 5.91 Å². The fraction of sp³-hybridized carbons (Fsp3) is 0.118. The Bertz CT molecular complexity index is 942. The lowest BCUT2D eigenvalue weighted by molar-refractivity contribution is -0.384. The van der Waals surface area contributed by atoms with Crippen molar-refractivity contribution in [3.8, 4) is 0 Å². The minimum absolute atomic E-state index is 0.139. The van der Waals surface area contributed by atoms with Crippen LogP contribution in [0.1, 0.15) is 24.1 Å². The number of hydrogen-bond acceptors (Lipinski definition) is 5. The Morgan fingerprint density at radius 3 is 2.50 bits per heavy atom. The molecular weight excluding hydrogens is 358 g/mol. The molecule has 1 unspecified atom stereocenters. The molecule has 1 heterocycles. The Hall–Kier alpha value is -3.26. The smallest absolute Gasteiger partial charge is 0.293 e. The van der Waals surface area contributed by atoms with Crippen molar-refractivity contribution in [2.45, 2.75) is 13.0 Å². The summed E-state index contributed by atoms with van der Waals surface area (Å²) < 4.78 is 1.60. The number of nitro groups is 1. The predicted octanol–water partition coefficient (Wildman–Crippen LogP) is 3.44. The topological polar surface area (TPSA) is 103 Å². The lowest BCUT2D eigenvalue weighted by atomic mass is 9.98. The molecule has 0 bridgehead atoms. The molecule has 0 aliphatic rings. The van der Waals surface area contributed by atoms with Gasteiger partial charge in [0.25, 0.3) is 5.69 Å². The Morgan fingerprint density at radius 1 is 1.23 bits per heavy atom. The third kappa shape index (κ3) is 3.70. The fourth-order valence-corrected chi connectivity index (χ4v) is 2.78. The van der Waals surface area contributed by atoms with E-state index in [0.29, 0.717) is 10.6 Å². The molecule has 0 saturated carbocycles. The highest BCUT2D eigenvalue weighted by Gasteiger charge is 2.22. The Balaban J connectivity index is 2.12. The maximum Gasteiger partial charge on any atom is 0.293 e. The van der Waals surface area contributed by atoms with E-state index in [0.717, 1.165) is 5.56 Å². The second-order valence-electron chi connectivity index (χ2n) is 5.54. The molecule has 8 nitrogen and oxygen atoms in total. The van der Waals surface area contributed by atoms with E-state index in [-0.39, 0.29) is 17.3 Å². The van der Waals surface area contributed by atoms with Gasteiger partial charge in [-0.25, -0.2) is 9.67 Å². The highest BCUT2D eigenvalue weighted by atomic mass is 35.5. The zero-order valence-corrected chi connectivity index (χ0v) is 14.4. The largest absolute Gasteiger partial charge is 0.321 e. The zero-order valence-electron chi connectivity index (χ0n) is 13.7. The molecule has 0 saturated heterocycles. The molecule has 3 aromatic rings. The van der Waals surface area contributed by atoms with Gasteiger partial charge in [0, 0.05) is 18.0 Å². The average Bonchev–Trinajstić information content (AvgIpc) is 3.11. The molecule has 26 heavy (non-hydrogen) atoms. The molecular formula is C17H14ClN5O3. The zero-order chi connectivity index (χ0) is 18.7. The first-order valence-electron chi connectivity index (χ1n) is 7.61. The number of nitro benzene ring substituents is 1.